The van der Waals surface area contributed by atoms with E-state index in [1.54, 1.807) is 32.9 Å². The van der Waals surface area contributed by atoms with E-state index in [-0.39, 0.29) is 22.8 Å². The summed E-state index contributed by atoms with van der Waals surface area (Å²) in [7, 11) is -3.58. The second kappa shape index (κ2) is 10.8. The lowest BCUT2D eigenvalue weighted by Crippen LogP contribution is -2.34. The van der Waals surface area contributed by atoms with Crippen LogP contribution in [-0.4, -0.2) is 43.8 Å². The zero-order valence-electron chi connectivity index (χ0n) is 19.3. The third kappa shape index (κ3) is 7.03. The number of anilines is 2. The second-order valence-electron chi connectivity index (χ2n) is 8.63. The minimum atomic E-state index is -3.58. The van der Waals surface area contributed by atoms with Crippen molar-refractivity contribution in [1.82, 2.24) is 9.62 Å². The molecule has 33 heavy (non-hydrogen) atoms. The van der Waals surface area contributed by atoms with Gasteiger partial charge in [0.15, 0.2) is 0 Å². The highest BCUT2D eigenvalue weighted by molar-refractivity contribution is 7.89. The lowest BCUT2D eigenvalue weighted by molar-refractivity contribution is -0.133. The third-order valence-electron chi connectivity index (χ3n) is 5.32. The fourth-order valence-electron chi connectivity index (χ4n) is 3.67. The molecule has 2 aromatic carbocycles. The molecule has 3 N–H and O–H groups in total. The average molecular weight is 473 g/mol. The number of likely N-dealkylation sites (tertiary alicyclic amines) is 1. The summed E-state index contributed by atoms with van der Waals surface area (Å²) in [6.45, 7) is 6.60. The summed E-state index contributed by atoms with van der Waals surface area (Å²) in [6, 6.07) is 13.0. The van der Waals surface area contributed by atoms with Crippen LogP contribution in [0, 0.1) is 0 Å². The number of sulfonamides is 1. The molecule has 0 bridgehead atoms. The van der Waals surface area contributed by atoms with Gasteiger partial charge in [0.1, 0.15) is 6.04 Å². The first kappa shape index (κ1) is 24.7. The Kier molecular flexibility index (Phi) is 8.10. The van der Waals surface area contributed by atoms with Crippen LogP contribution in [0.25, 0.3) is 0 Å². The molecule has 3 rings (SSSR count). The van der Waals surface area contributed by atoms with Crippen LogP contribution in [0.5, 0.6) is 0 Å². The van der Waals surface area contributed by atoms with Gasteiger partial charge in [-0.2, -0.15) is 0 Å². The second-order valence-corrected chi connectivity index (χ2v) is 10.3. The van der Waals surface area contributed by atoms with Crippen LogP contribution in [0.4, 0.5) is 11.4 Å². The van der Waals surface area contributed by atoms with E-state index in [9.17, 15) is 18.0 Å². The molecular formula is C24H32N4O4S. The number of carbonyl (C=O) groups is 2. The summed E-state index contributed by atoms with van der Waals surface area (Å²) in [5, 5.41) is 5.98. The van der Waals surface area contributed by atoms with E-state index in [1.807, 2.05) is 29.2 Å². The van der Waals surface area contributed by atoms with Crippen molar-refractivity contribution in [2.45, 2.75) is 63.6 Å². The van der Waals surface area contributed by atoms with Crippen molar-refractivity contribution in [3.05, 3.63) is 54.1 Å². The number of amides is 2. The lowest BCUT2D eigenvalue weighted by atomic mass is 10.1. The molecule has 0 radical (unpaired) electrons. The first-order chi connectivity index (χ1) is 15.6. The molecule has 1 atom stereocenters. The number of nitrogens with one attached hydrogen (secondary N) is 3. The molecule has 1 heterocycles. The van der Waals surface area contributed by atoms with Gasteiger partial charge in [0.25, 0.3) is 0 Å². The van der Waals surface area contributed by atoms with E-state index in [1.165, 1.54) is 12.1 Å². The van der Waals surface area contributed by atoms with Crippen molar-refractivity contribution in [3.63, 3.8) is 0 Å². The largest absolute Gasteiger partial charge is 0.374 e. The number of piperidine rings is 1. The van der Waals surface area contributed by atoms with Gasteiger partial charge in [-0.25, -0.2) is 13.1 Å². The Morgan fingerprint density at radius 3 is 2.42 bits per heavy atom. The van der Waals surface area contributed by atoms with E-state index in [0.717, 1.165) is 30.6 Å². The van der Waals surface area contributed by atoms with E-state index in [4.69, 9.17) is 0 Å². The van der Waals surface area contributed by atoms with E-state index in [0.29, 0.717) is 18.7 Å². The Bertz CT molecular complexity index is 1080. The summed E-state index contributed by atoms with van der Waals surface area (Å²) in [5.41, 5.74) is 2.31. The first-order valence-corrected chi connectivity index (χ1v) is 12.7. The van der Waals surface area contributed by atoms with Gasteiger partial charge in [0.2, 0.25) is 21.8 Å². The van der Waals surface area contributed by atoms with Crippen LogP contribution in [0.15, 0.2) is 53.4 Å². The molecule has 9 heteroatoms. The number of benzene rings is 2. The maximum Gasteiger partial charge on any atom is 0.246 e. The van der Waals surface area contributed by atoms with Crippen LogP contribution >= 0.6 is 0 Å². The fraction of sp³-hybridized carbons (Fsp3) is 0.417. The Hall–Kier alpha value is -2.91. The van der Waals surface area contributed by atoms with Crippen LogP contribution in [0.3, 0.4) is 0 Å². The highest BCUT2D eigenvalue weighted by Gasteiger charge is 2.19. The predicted octanol–water partition coefficient (Wildman–Crippen LogP) is 3.32. The quantitative estimate of drug-likeness (QED) is 0.519. The minimum absolute atomic E-state index is 0.143. The molecule has 178 valence electrons. The number of nitrogens with zero attached hydrogens (tertiary/aromatic N) is 1. The van der Waals surface area contributed by atoms with Crippen molar-refractivity contribution in [2.75, 3.05) is 17.2 Å². The molecular weight excluding hydrogens is 440 g/mol. The molecule has 1 aliphatic rings. The first-order valence-electron chi connectivity index (χ1n) is 11.2. The van der Waals surface area contributed by atoms with E-state index < -0.39 is 16.1 Å². The molecule has 1 saturated heterocycles. The molecule has 0 spiro atoms. The molecule has 8 nitrogen and oxygen atoms in total. The van der Waals surface area contributed by atoms with Gasteiger partial charge in [0.05, 0.1) is 4.90 Å². The summed E-state index contributed by atoms with van der Waals surface area (Å²) in [6.07, 6.45) is 2.59. The summed E-state index contributed by atoms with van der Waals surface area (Å²) < 4.78 is 27.0. The smallest absolute Gasteiger partial charge is 0.246 e. The van der Waals surface area contributed by atoms with Crippen LogP contribution in [0.2, 0.25) is 0 Å². The van der Waals surface area contributed by atoms with Crippen LogP contribution in [-0.2, 0) is 26.2 Å². The average Bonchev–Trinajstić information content (AvgIpc) is 2.75. The van der Waals surface area contributed by atoms with Crippen molar-refractivity contribution in [3.8, 4) is 0 Å². The molecule has 0 aromatic heterocycles. The van der Waals surface area contributed by atoms with Crippen molar-refractivity contribution < 1.29 is 18.0 Å². The van der Waals surface area contributed by atoms with Crippen molar-refractivity contribution >= 4 is 33.2 Å². The number of hydrogen-bond donors (Lipinski definition) is 3. The summed E-state index contributed by atoms with van der Waals surface area (Å²) in [5.74, 6) is -0.0614. The molecule has 1 fully saturated rings. The van der Waals surface area contributed by atoms with Gasteiger partial charge in [-0.1, -0.05) is 12.1 Å². The Morgan fingerprint density at radius 2 is 1.76 bits per heavy atom. The maximum atomic E-state index is 12.6. The van der Waals surface area contributed by atoms with Gasteiger partial charge in [0, 0.05) is 36.9 Å². The minimum Gasteiger partial charge on any atom is -0.374 e. The van der Waals surface area contributed by atoms with Crippen molar-refractivity contribution in [1.29, 1.82) is 0 Å². The number of hydrogen-bond acceptors (Lipinski definition) is 5. The van der Waals surface area contributed by atoms with Gasteiger partial charge in [-0.3, -0.25) is 9.59 Å². The summed E-state index contributed by atoms with van der Waals surface area (Å²) in [4.78, 5) is 26.7. The zero-order chi connectivity index (χ0) is 24.0. The van der Waals surface area contributed by atoms with E-state index >= 15 is 0 Å². The maximum absolute atomic E-state index is 12.6. The third-order valence-corrected chi connectivity index (χ3v) is 7.00. The summed E-state index contributed by atoms with van der Waals surface area (Å²) >= 11 is 0. The number of rotatable bonds is 9. The topological polar surface area (TPSA) is 108 Å². The molecule has 2 amide bonds. The monoisotopic (exact) mass is 472 g/mol. The van der Waals surface area contributed by atoms with Gasteiger partial charge < -0.3 is 15.5 Å². The lowest BCUT2D eigenvalue weighted by Gasteiger charge is -2.27. The van der Waals surface area contributed by atoms with Crippen molar-refractivity contribution in [2.24, 2.45) is 0 Å². The van der Waals surface area contributed by atoms with Crippen LogP contribution in [0.1, 0.15) is 45.6 Å². The van der Waals surface area contributed by atoms with Gasteiger partial charge in [-0.15, -0.1) is 0 Å². The highest BCUT2D eigenvalue weighted by Crippen LogP contribution is 2.19. The fourth-order valence-corrected chi connectivity index (χ4v) is 4.92. The normalized spacial score (nSPS) is 15.4. The van der Waals surface area contributed by atoms with Gasteiger partial charge in [-0.05, 0) is 75.6 Å². The molecule has 1 aliphatic heterocycles. The predicted molar refractivity (Wildman–Crippen MR) is 129 cm³/mol. The molecule has 0 saturated carbocycles. The number of carbonyl (C=O) groups excluding carboxylic acids is 2. The molecule has 1 unspecified atom stereocenters. The Balaban J connectivity index is 1.58. The SMILES string of the molecule is CC(C)NS(=O)(=O)c1ccc(NC(=O)C(C)Nc2cccc(CN3CCCCC3=O)c2)cc1. The van der Waals surface area contributed by atoms with Gasteiger partial charge >= 0.3 is 0 Å². The Morgan fingerprint density at radius 1 is 1.03 bits per heavy atom. The standard InChI is InChI=1S/C24H32N4O4S/c1-17(2)27-33(31,32)22-12-10-20(11-13-22)26-24(30)18(3)25-21-8-6-7-19(15-21)16-28-14-5-4-9-23(28)29/h6-8,10-13,15,17-18,25,27H,4-5,9,14,16H2,1-3H3,(H,26,30). The van der Waals surface area contributed by atoms with Crippen LogP contribution < -0.4 is 15.4 Å². The molecule has 2 aromatic rings. The molecule has 0 aliphatic carbocycles. The zero-order valence-corrected chi connectivity index (χ0v) is 20.1. The highest BCUT2D eigenvalue weighted by atomic mass is 32.2. The van der Waals surface area contributed by atoms with E-state index in [2.05, 4.69) is 15.4 Å². The Labute approximate surface area is 195 Å².